The highest BCUT2D eigenvalue weighted by Crippen LogP contribution is 2.31. The first-order valence-electron chi connectivity index (χ1n) is 7.14. The van der Waals surface area contributed by atoms with Gasteiger partial charge >= 0.3 is 5.97 Å². The van der Waals surface area contributed by atoms with E-state index in [1.807, 2.05) is 12.1 Å². The highest BCUT2D eigenvalue weighted by Gasteiger charge is 2.27. The molecule has 0 spiro atoms. The summed E-state index contributed by atoms with van der Waals surface area (Å²) in [6.07, 6.45) is 2.75. The Balaban J connectivity index is 1.71. The molecule has 4 nitrogen and oxygen atoms in total. The van der Waals surface area contributed by atoms with Crippen molar-refractivity contribution < 1.29 is 9.90 Å². The summed E-state index contributed by atoms with van der Waals surface area (Å²) >= 11 is 6.03. The minimum atomic E-state index is -0.953. The lowest BCUT2D eigenvalue weighted by atomic mass is 10.1. The van der Waals surface area contributed by atoms with Gasteiger partial charge in [0, 0.05) is 32.7 Å². The molecule has 1 aliphatic heterocycles. The predicted octanol–water partition coefficient (Wildman–Crippen LogP) is 2.57. The molecular formula is C15H19ClN2O2. The molecule has 1 heterocycles. The molecule has 2 fully saturated rings. The largest absolute Gasteiger partial charge is 0.478 e. The van der Waals surface area contributed by atoms with Crippen molar-refractivity contribution in [2.75, 3.05) is 37.6 Å². The second kappa shape index (κ2) is 5.62. The lowest BCUT2D eigenvalue weighted by Gasteiger charge is -2.36. The van der Waals surface area contributed by atoms with Crippen LogP contribution in [-0.4, -0.2) is 48.7 Å². The van der Waals surface area contributed by atoms with Gasteiger partial charge in [-0.05, 0) is 30.9 Å². The maximum absolute atomic E-state index is 11.4. The van der Waals surface area contributed by atoms with Crippen LogP contribution in [0.25, 0.3) is 0 Å². The third-order valence-corrected chi connectivity index (χ3v) is 4.45. The summed E-state index contributed by atoms with van der Waals surface area (Å²) in [5, 5.41) is 9.65. The van der Waals surface area contributed by atoms with Gasteiger partial charge in [-0.25, -0.2) is 4.79 Å². The van der Waals surface area contributed by atoms with E-state index in [1.165, 1.54) is 19.4 Å². The molecule has 1 aliphatic carbocycles. The fraction of sp³-hybridized carbons (Fsp3) is 0.533. The van der Waals surface area contributed by atoms with E-state index in [2.05, 4.69) is 9.80 Å². The number of benzene rings is 1. The molecule has 1 saturated heterocycles. The van der Waals surface area contributed by atoms with Crippen LogP contribution in [0.4, 0.5) is 5.69 Å². The Bertz CT molecular complexity index is 509. The van der Waals surface area contributed by atoms with Crippen molar-refractivity contribution in [1.82, 2.24) is 4.90 Å². The van der Waals surface area contributed by atoms with Gasteiger partial charge in [0.05, 0.1) is 10.7 Å². The Hall–Kier alpha value is -1.26. The number of aromatic carboxylic acids is 1. The lowest BCUT2D eigenvalue weighted by Crippen LogP contribution is -2.47. The molecular weight excluding hydrogens is 276 g/mol. The van der Waals surface area contributed by atoms with E-state index in [1.54, 1.807) is 6.07 Å². The SMILES string of the molecule is O=C(O)c1c(Cl)cccc1N1CCN(CC2CC2)CC1. The van der Waals surface area contributed by atoms with Gasteiger partial charge in [-0.3, -0.25) is 4.90 Å². The minimum Gasteiger partial charge on any atom is -0.478 e. The topological polar surface area (TPSA) is 43.8 Å². The molecule has 2 aliphatic rings. The Labute approximate surface area is 123 Å². The van der Waals surface area contributed by atoms with Gasteiger partial charge in [0.2, 0.25) is 0 Å². The summed E-state index contributed by atoms with van der Waals surface area (Å²) < 4.78 is 0. The van der Waals surface area contributed by atoms with Gasteiger partial charge in [-0.15, -0.1) is 0 Å². The van der Waals surface area contributed by atoms with Crippen molar-refractivity contribution in [2.24, 2.45) is 5.92 Å². The van der Waals surface area contributed by atoms with Gasteiger partial charge in [-0.2, -0.15) is 0 Å². The summed E-state index contributed by atoms with van der Waals surface area (Å²) in [4.78, 5) is 16.0. The highest BCUT2D eigenvalue weighted by atomic mass is 35.5. The number of halogens is 1. The van der Waals surface area contributed by atoms with E-state index in [4.69, 9.17) is 11.6 Å². The summed E-state index contributed by atoms with van der Waals surface area (Å²) in [5.74, 6) is -0.0479. The Morgan fingerprint density at radius 3 is 2.55 bits per heavy atom. The first kappa shape index (κ1) is 13.7. The van der Waals surface area contributed by atoms with Gasteiger partial charge in [0.25, 0.3) is 0 Å². The zero-order chi connectivity index (χ0) is 14.1. The third kappa shape index (κ3) is 2.91. The third-order valence-electron chi connectivity index (χ3n) is 4.13. The van der Waals surface area contributed by atoms with Crippen LogP contribution in [0.5, 0.6) is 0 Å². The quantitative estimate of drug-likeness (QED) is 0.927. The minimum absolute atomic E-state index is 0.227. The lowest BCUT2D eigenvalue weighted by molar-refractivity contribution is 0.0697. The van der Waals surface area contributed by atoms with Crippen molar-refractivity contribution in [3.8, 4) is 0 Å². The zero-order valence-electron chi connectivity index (χ0n) is 11.4. The molecule has 1 aromatic carbocycles. The number of piperazine rings is 1. The average molecular weight is 295 g/mol. The molecule has 0 bridgehead atoms. The van der Waals surface area contributed by atoms with Gasteiger partial charge < -0.3 is 10.0 Å². The molecule has 3 rings (SSSR count). The van der Waals surface area contributed by atoms with Crippen LogP contribution in [0.15, 0.2) is 18.2 Å². The highest BCUT2D eigenvalue weighted by molar-refractivity contribution is 6.34. The van der Waals surface area contributed by atoms with Gasteiger partial charge in [0.1, 0.15) is 5.56 Å². The number of hydrogen-bond acceptors (Lipinski definition) is 3. The fourth-order valence-electron chi connectivity index (χ4n) is 2.82. The summed E-state index contributed by atoms with van der Waals surface area (Å²) in [6, 6.07) is 5.31. The van der Waals surface area contributed by atoms with Crippen LogP contribution in [0.3, 0.4) is 0 Å². The van der Waals surface area contributed by atoms with Crippen molar-refractivity contribution in [3.05, 3.63) is 28.8 Å². The summed E-state index contributed by atoms with van der Waals surface area (Å²) in [6.45, 7) is 4.94. The summed E-state index contributed by atoms with van der Waals surface area (Å²) in [7, 11) is 0. The van der Waals surface area contributed by atoms with Crippen LogP contribution < -0.4 is 4.90 Å². The van der Waals surface area contributed by atoms with Crippen LogP contribution in [-0.2, 0) is 0 Å². The standard InChI is InChI=1S/C15H19ClN2O2/c16-12-2-1-3-13(14(12)15(19)20)18-8-6-17(7-9-18)10-11-4-5-11/h1-3,11H,4-10H2,(H,19,20). The van der Waals surface area contributed by atoms with E-state index < -0.39 is 5.97 Å². The number of carbonyl (C=O) groups is 1. The summed E-state index contributed by atoms with van der Waals surface area (Å²) in [5.41, 5.74) is 0.973. The number of carboxylic acid groups (broad SMARTS) is 1. The maximum atomic E-state index is 11.4. The van der Waals surface area contributed by atoms with Crippen LogP contribution in [0.2, 0.25) is 5.02 Å². The van der Waals surface area contributed by atoms with Crippen molar-refractivity contribution in [2.45, 2.75) is 12.8 Å². The molecule has 0 unspecified atom stereocenters. The molecule has 0 atom stereocenters. The van der Waals surface area contributed by atoms with E-state index in [0.29, 0.717) is 5.02 Å². The Morgan fingerprint density at radius 2 is 1.95 bits per heavy atom. The van der Waals surface area contributed by atoms with E-state index in [0.717, 1.165) is 37.8 Å². The smallest absolute Gasteiger partial charge is 0.339 e. The molecule has 108 valence electrons. The number of nitrogens with zero attached hydrogens (tertiary/aromatic N) is 2. The molecule has 1 saturated carbocycles. The number of anilines is 1. The zero-order valence-corrected chi connectivity index (χ0v) is 12.1. The average Bonchev–Trinajstić information content (AvgIpc) is 3.23. The number of rotatable bonds is 4. The van der Waals surface area contributed by atoms with E-state index in [-0.39, 0.29) is 5.56 Å². The second-order valence-corrected chi connectivity index (χ2v) is 6.08. The molecule has 0 radical (unpaired) electrons. The second-order valence-electron chi connectivity index (χ2n) is 5.67. The number of carboxylic acids is 1. The number of hydrogen-bond donors (Lipinski definition) is 1. The molecule has 1 aromatic rings. The fourth-order valence-corrected chi connectivity index (χ4v) is 3.08. The van der Waals surface area contributed by atoms with Gasteiger partial charge in [0.15, 0.2) is 0 Å². The van der Waals surface area contributed by atoms with Crippen molar-refractivity contribution in [3.63, 3.8) is 0 Å². The van der Waals surface area contributed by atoms with Crippen molar-refractivity contribution >= 4 is 23.3 Å². The maximum Gasteiger partial charge on any atom is 0.339 e. The Morgan fingerprint density at radius 1 is 1.25 bits per heavy atom. The first-order valence-corrected chi connectivity index (χ1v) is 7.52. The predicted molar refractivity (Wildman–Crippen MR) is 79.8 cm³/mol. The molecule has 20 heavy (non-hydrogen) atoms. The van der Waals surface area contributed by atoms with Crippen LogP contribution >= 0.6 is 11.6 Å². The monoisotopic (exact) mass is 294 g/mol. The first-order chi connectivity index (χ1) is 9.65. The molecule has 5 heteroatoms. The normalized spacial score (nSPS) is 20.1. The van der Waals surface area contributed by atoms with E-state index >= 15 is 0 Å². The van der Waals surface area contributed by atoms with Gasteiger partial charge in [-0.1, -0.05) is 17.7 Å². The molecule has 1 N–H and O–H groups in total. The Kier molecular flexibility index (Phi) is 3.85. The molecule has 0 aromatic heterocycles. The van der Waals surface area contributed by atoms with Crippen molar-refractivity contribution in [1.29, 1.82) is 0 Å². The molecule has 0 amide bonds. The van der Waals surface area contributed by atoms with Crippen LogP contribution in [0, 0.1) is 5.92 Å². The van der Waals surface area contributed by atoms with Crippen LogP contribution in [0.1, 0.15) is 23.2 Å². The van der Waals surface area contributed by atoms with E-state index in [9.17, 15) is 9.90 Å².